The monoisotopic (exact) mass is 439 g/mol. The minimum Gasteiger partial charge on any atom is -0.465 e. The van der Waals surface area contributed by atoms with Crippen LogP contribution in [0.2, 0.25) is 5.02 Å². The van der Waals surface area contributed by atoms with E-state index in [0.29, 0.717) is 29.5 Å². The van der Waals surface area contributed by atoms with Crippen molar-refractivity contribution in [2.45, 2.75) is 19.9 Å². The molecule has 2 amide bonds. The smallest absolute Gasteiger partial charge is 0.325 e. The van der Waals surface area contributed by atoms with Gasteiger partial charge in [0.2, 0.25) is 11.8 Å². The Morgan fingerprint density at radius 2 is 2.03 bits per heavy atom. The van der Waals surface area contributed by atoms with Crippen LogP contribution in [0.3, 0.4) is 0 Å². The highest BCUT2D eigenvalue weighted by Crippen LogP contribution is 2.28. The van der Waals surface area contributed by atoms with E-state index in [1.807, 2.05) is 24.4 Å². The predicted molar refractivity (Wildman–Crippen MR) is 119 cm³/mol. The Kier molecular flexibility index (Phi) is 5.95. The van der Waals surface area contributed by atoms with Crippen molar-refractivity contribution in [1.82, 2.24) is 4.57 Å². The number of benzene rings is 2. The minimum atomic E-state index is -0.449. The molecule has 0 aliphatic carbocycles. The summed E-state index contributed by atoms with van der Waals surface area (Å²) in [5, 5.41) is 4.34. The molecule has 0 radical (unpaired) electrons. The zero-order chi connectivity index (χ0) is 22.0. The van der Waals surface area contributed by atoms with Gasteiger partial charge in [0.25, 0.3) is 0 Å². The van der Waals surface area contributed by atoms with Crippen LogP contribution in [-0.4, -0.2) is 35.5 Å². The van der Waals surface area contributed by atoms with Crippen molar-refractivity contribution in [3.05, 3.63) is 59.8 Å². The number of carbonyl (C=O) groups excluding carboxylic acids is 3. The summed E-state index contributed by atoms with van der Waals surface area (Å²) in [4.78, 5) is 38.5. The van der Waals surface area contributed by atoms with Crippen molar-refractivity contribution in [2.24, 2.45) is 5.92 Å². The molecule has 1 atom stereocenters. The molecule has 1 unspecified atom stereocenters. The lowest BCUT2D eigenvalue weighted by Gasteiger charge is -2.17. The van der Waals surface area contributed by atoms with Crippen LogP contribution in [0.15, 0.2) is 54.7 Å². The molecule has 1 aromatic heterocycles. The van der Waals surface area contributed by atoms with Gasteiger partial charge in [-0.2, -0.15) is 0 Å². The maximum Gasteiger partial charge on any atom is 0.325 e. The third-order valence-corrected chi connectivity index (χ3v) is 5.49. The second-order valence-electron chi connectivity index (χ2n) is 7.40. The summed E-state index contributed by atoms with van der Waals surface area (Å²) < 4.78 is 6.80. The SMILES string of the molecule is CCOC(=O)Cn1ccc2cc(NC(=O)C3CC(=O)N(c4cccc(Cl)c4)C3)ccc21. The van der Waals surface area contributed by atoms with Gasteiger partial charge in [-0.3, -0.25) is 14.4 Å². The molecule has 0 spiro atoms. The quantitative estimate of drug-likeness (QED) is 0.591. The van der Waals surface area contributed by atoms with E-state index in [9.17, 15) is 14.4 Å². The summed E-state index contributed by atoms with van der Waals surface area (Å²) >= 11 is 6.03. The van der Waals surface area contributed by atoms with Gasteiger partial charge in [-0.25, -0.2) is 0 Å². The highest BCUT2D eigenvalue weighted by Gasteiger charge is 2.35. The molecule has 0 saturated carbocycles. The van der Waals surface area contributed by atoms with Crippen molar-refractivity contribution < 1.29 is 19.1 Å². The van der Waals surface area contributed by atoms with Crippen LogP contribution >= 0.6 is 11.6 Å². The molecule has 160 valence electrons. The average molecular weight is 440 g/mol. The molecule has 2 aromatic carbocycles. The summed E-state index contributed by atoms with van der Waals surface area (Å²) in [6.45, 7) is 2.55. The van der Waals surface area contributed by atoms with E-state index in [1.54, 1.807) is 46.7 Å². The van der Waals surface area contributed by atoms with Crippen LogP contribution in [0.5, 0.6) is 0 Å². The number of anilines is 2. The van der Waals surface area contributed by atoms with Crippen LogP contribution in [0, 0.1) is 5.92 Å². The number of hydrogen-bond donors (Lipinski definition) is 1. The molecule has 1 N–H and O–H groups in total. The molecule has 0 bridgehead atoms. The van der Waals surface area contributed by atoms with Crippen molar-refractivity contribution in [1.29, 1.82) is 0 Å². The largest absolute Gasteiger partial charge is 0.465 e. The fourth-order valence-corrected chi connectivity index (χ4v) is 3.97. The van der Waals surface area contributed by atoms with Crippen molar-refractivity contribution in [3.63, 3.8) is 0 Å². The molecule has 7 nitrogen and oxygen atoms in total. The molecule has 2 heterocycles. The molecule has 4 rings (SSSR count). The van der Waals surface area contributed by atoms with Crippen molar-refractivity contribution in [3.8, 4) is 0 Å². The number of nitrogens with one attached hydrogen (secondary N) is 1. The van der Waals surface area contributed by atoms with Crippen LogP contribution in [0.1, 0.15) is 13.3 Å². The Bertz CT molecular complexity index is 1160. The second-order valence-corrected chi connectivity index (χ2v) is 7.83. The first kappa shape index (κ1) is 20.9. The molecular weight excluding hydrogens is 418 g/mol. The summed E-state index contributed by atoms with van der Waals surface area (Å²) in [6.07, 6.45) is 1.96. The Hall–Kier alpha value is -3.32. The lowest BCUT2D eigenvalue weighted by atomic mass is 10.1. The van der Waals surface area contributed by atoms with Gasteiger partial charge in [-0.1, -0.05) is 17.7 Å². The Morgan fingerprint density at radius 1 is 1.19 bits per heavy atom. The molecule has 1 fully saturated rings. The highest BCUT2D eigenvalue weighted by molar-refractivity contribution is 6.31. The lowest BCUT2D eigenvalue weighted by molar-refractivity contribution is -0.143. The lowest BCUT2D eigenvalue weighted by Crippen LogP contribution is -2.28. The number of nitrogens with zero attached hydrogens (tertiary/aromatic N) is 2. The second kappa shape index (κ2) is 8.81. The van der Waals surface area contributed by atoms with Gasteiger partial charge < -0.3 is 19.5 Å². The van der Waals surface area contributed by atoms with E-state index in [0.717, 1.165) is 10.9 Å². The molecule has 1 aliphatic heterocycles. The van der Waals surface area contributed by atoms with Gasteiger partial charge in [0.15, 0.2) is 0 Å². The third kappa shape index (κ3) is 4.56. The Labute approximate surface area is 184 Å². The molecule has 3 aromatic rings. The first-order valence-electron chi connectivity index (χ1n) is 10.1. The third-order valence-electron chi connectivity index (χ3n) is 5.26. The number of esters is 1. The molecule has 1 saturated heterocycles. The fourth-order valence-electron chi connectivity index (χ4n) is 3.78. The van der Waals surface area contributed by atoms with E-state index < -0.39 is 5.92 Å². The van der Waals surface area contributed by atoms with Crippen molar-refractivity contribution >= 4 is 51.7 Å². The summed E-state index contributed by atoms with van der Waals surface area (Å²) in [6, 6.07) is 14.4. The minimum absolute atomic E-state index is 0.103. The zero-order valence-corrected chi connectivity index (χ0v) is 17.8. The van der Waals surface area contributed by atoms with Gasteiger partial charge in [-0.05, 0) is 49.4 Å². The van der Waals surface area contributed by atoms with Gasteiger partial charge in [0, 0.05) is 46.5 Å². The van der Waals surface area contributed by atoms with Gasteiger partial charge in [0.05, 0.1) is 12.5 Å². The predicted octanol–water partition coefficient (Wildman–Crippen LogP) is 3.85. The standard InChI is InChI=1S/C23H22ClN3O4/c1-2-31-22(29)14-26-9-8-15-10-18(6-7-20(15)26)25-23(30)16-11-21(28)27(13-16)19-5-3-4-17(24)12-19/h3-10,12,16H,2,11,13-14H2,1H3,(H,25,30). The number of ether oxygens (including phenoxy) is 1. The zero-order valence-electron chi connectivity index (χ0n) is 17.0. The number of amides is 2. The maximum absolute atomic E-state index is 12.8. The average Bonchev–Trinajstić information content (AvgIpc) is 3.31. The maximum atomic E-state index is 12.8. The number of halogens is 1. The summed E-state index contributed by atoms with van der Waals surface area (Å²) in [5.74, 6) is -1.06. The van der Waals surface area contributed by atoms with Crippen LogP contribution in [0.4, 0.5) is 11.4 Å². The number of hydrogen-bond acceptors (Lipinski definition) is 4. The normalized spacial score (nSPS) is 16.0. The fraction of sp³-hybridized carbons (Fsp3) is 0.261. The first-order chi connectivity index (χ1) is 14.9. The molecule has 31 heavy (non-hydrogen) atoms. The number of fused-ring (bicyclic) bond motifs is 1. The van der Waals surface area contributed by atoms with Gasteiger partial charge >= 0.3 is 5.97 Å². The van der Waals surface area contributed by atoms with E-state index >= 15 is 0 Å². The highest BCUT2D eigenvalue weighted by atomic mass is 35.5. The topological polar surface area (TPSA) is 80.6 Å². The summed E-state index contributed by atoms with van der Waals surface area (Å²) in [7, 11) is 0. The molecule has 8 heteroatoms. The van der Waals surface area contributed by atoms with E-state index in [4.69, 9.17) is 16.3 Å². The first-order valence-corrected chi connectivity index (χ1v) is 10.4. The van der Waals surface area contributed by atoms with Crippen molar-refractivity contribution in [2.75, 3.05) is 23.4 Å². The Morgan fingerprint density at radius 3 is 2.81 bits per heavy atom. The van der Waals surface area contributed by atoms with Crippen LogP contribution in [-0.2, 0) is 25.7 Å². The van der Waals surface area contributed by atoms with Gasteiger partial charge in [0.1, 0.15) is 6.54 Å². The number of rotatable bonds is 6. The van der Waals surface area contributed by atoms with Crippen LogP contribution < -0.4 is 10.2 Å². The summed E-state index contributed by atoms with van der Waals surface area (Å²) in [5.41, 5.74) is 2.20. The number of carbonyl (C=O) groups is 3. The Balaban J connectivity index is 1.44. The van der Waals surface area contributed by atoms with E-state index in [-0.39, 0.29) is 30.7 Å². The van der Waals surface area contributed by atoms with E-state index in [2.05, 4.69) is 5.32 Å². The number of aromatic nitrogens is 1. The van der Waals surface area contributed by atoms with Gasteiger partial charge in [-0.15, -0.1) is 0 Å². The van der Waals surface area contributed by atoms with Crippen LogP contribution in [0.25, 0.3) is 10.9 Å². The van der Waals surface area contributed by atoms with E-state index in [1.165, 1.54) is 0 Å². The molecule has 1 aliphatic rings. The molecular formula is C23H22ClN3O4.